The van der Waals surface area contributed by atoms with E-state index in [0.29, 0.717) is 28.5 Å². The molecule has 1 heterocycles. The Bertz CT molecular complexity index is 992. The lowest BCUT2D eigenvalue weighted by Gasteiger charge is -2.06. The van der Waals surface area contributed by atoms with Crippen molar-refractivity contribution in [2.24, 2.45) is 0 Å². The molecule has 3 aromatic rings. The number of thioether (sulfide) groups is 1. The number of nitrogens with zero attached hydrogens (tertiary/aromatic N) is 2. The molecule has 3 N–H and O–H groups in total. The van der Waals surface area contributed by atoms with Gasteiger partial charge in [-0.3, -0.25) is 5.10 Å². The van der Waals surface area contributed by atoms with Gasteiger partial charge in [-0.2, -0.15) is 0 Å². The molecule has 0 aliphatic rings. The number of ether oxygens (including phenoxy) is 2. The Hall–Kier alpha value is -3.46. The summed E-state index contributed by atoms with van der Waals surface area (Å²) in [7, 11) is 3.10. The molecular weight excluding hydrogens is 382 g/mol. The van der Waals surface area contributed by atoms with Crippen LogP contribution in [0.5, 0.6) is 17.2 Å². The molecule has 28 heavy (non-hydrogen) atoms. The summed E-state index contributed by atoms with van der Waals surface area (Å²) in [4.78, 5) is 16.0. The number of aliphatic carboxylic acids is 1. The maximum atomic E-state index is 11.6. The molecule has 0 radical (unpaired) electrons. The Morgan fingerprint density at radius 3 is 2.32 bits per heavy atom. The number of benzene rings is 2. The molecule has 0 aliphatic heterocycles. The molecule has 0 unspecified atom stereocenters. The van der Waals surface area contributed by atoms with E-state index in [2.05, 4.69) is 15.2 Å². The maximum absolute atomic E-state index is 11.6. The first-order valence-corrected chi connectivity index (χ1v) is 8.88. The first-order chi connectivity index (χ1) is 13.5. The number of carbonyl (C=O) groups is 1. The topological polar surface area (TPSA) is 118 Å². The quantitative estimate of drug-likeness (QED) is 0.409. The number of rotatable bonds is 7. The second-order valence-electron chi connectivity index (χ2n) is 5.58. The van der Waals surface area contributed by atoms with Gasteiger partial charge in [0.1, 0.15) is 22.2 Å². The average Bonchev–Trinajstić information content (AvgIpc) is 3.17. The monoisotopic (exact) mass is 399 g/mol. The number of aromatic nitrogens is 3. The van der Waals surface area contributed by atoms with Crippen LogP contribution in [-0.4, -0.2) is 45.6 Å². The molecule has 0 saturated carbocycles. The molecule has 0 amide bonds. The van der Waals surface area contributed by atoms with Gasteiger partial charge < -0.3 is 19.7 Å². The summed E-state index contributed by atoms with van der Waals surface area (Å²) >= 11 is 0.914. The molecule has 8 nitrogen and oxygen atoms in total. The van der Waals surface area contributed by atoms with E-state index in [1.807, 2.05) is 0 Å². The maximum Gasteiger partial charge on any atom is 0.342 e. The van der Waals surface area contributed by atoms with Gasteiger partial charge in [-0.05, 0) is 47.7 Å². The van der Waals surface area contributed by atoms with Gasteiger partial charge in [0, 0.05) is 11.6 Å². The summed E-state index contributed by atoms with van der Waals surface area (Å²) in [5, 5.41) is 25.9. The predicted octanol–water partition coefficient (Wildman–Crippen LogP) is 3.41. The lowest BCUT2D eigenvalue weighted by atomic mass is 10.2. The fraction of sp³-hybridized carbons (Fsp3) is 0.105. The summed E-state index contributed by atoms with van der Waals surface area (Å²) in [5.41, 5.74) is 1.32. The molecular formula is C19H17N3O5S. The average molecular weight is 399 g/mol. The third kappa shape index (κ3) is 4.63. The zero-order chi connectivity index (χ0) is 20.1. The van der Waals surface area contributed by atoms with Crippen LogP contribution in [0.4, 0.5) is 0 Å². The van der Waals surface area contributed by atoms with E-state index in [9.17, 15) is 15.0 Å². The fourth-order valence-corrected chi connectivity index (χ4v) is 3.03. The Balaban J connectivity index is 1.86. The summed E-state index contributed by atoms with van der Waals surface area (Å²) in [6.07, 6.45) is 1.48. The minimum absolute atomic E-state index is 0.0412. The highest BCUT2D eigenvalue weighted by Crippen LogP contribution is 2.31. The highest BCUT2D eigenvalue weighted by molar-refractivity contribution is 8.04. The van der Waals surface area contributed by atoms with E-state index in [-0.39, 0.29) is 15.8 Å². The molecule has 0 fully saturated rings. The number of aromatic amines is 1. The van der Waals surface area contributed by atoms with Gasteiger partial charge in [-0.15, -0.1) is 5.10 Å². The van der Waals surface area contributed by atoms with Crippen LogP contribution < -0.4 is 9.47 Å². The van der Waals surface area contributed by atoms with E-state index < -0.39 is 5.97 Å². The number of aromatic hydroxyl groups is 1. The SMILES string of the molecule is COc1cc(OC)cc(-c2nc(S/C(=C/c3ccc(O)cc3)C(=O)O)n[nH]2)c1. The van der Waals surface area contributed by atoms with Crippen molar-refractivity contribution < 1.29 is 24.5 Å². The minimum atomic E-state index is -1.10. The molecule has 3 rings (SSSR count). The van der Waals surface area contributed by atoms with Crippen molar-refractivity contribution in [1.29, 1.82) is 0 Å². The normalized spacial score (nSPS) is 11.3. The third-order valence-corrected chi connectivity index (χ3v) is 4.57. The number of H-pyrrole nitrogens is 1. The van der Waals surface area contributed by atoms with Crippen LogP contribution in [0.3, 0.4) is 0 Å². The first-order valence-electron chi connectivity index (χ1n) is 8.06. The van der Waals surface area contributed by atoms with E-state index in [1.165, 1.54) is 18.2 Å². The number of nitrogens with one attached hydrogen (secondary N) is 1. The van der Waals surface area contributed by atoms with Crippen LogP contribution in [0, 0.1) is 0 Å². The molecule has 1 aromatic heterocycles. The molecule has 0 aliphatic carbocycles. The largest absolute Gasteiger partial charge is 0.508 e. The van der Waals surface area contributed by atoms with Gasteiger partial charge in [0.05, 0.1) is 14.2 Å². The van der Waals surface area contributed by atoms with Gasteiger partial charge in [0.15, 0.2) is 5.82 Å². The van der Waals surface area contributed by atoms with Gasteiger partial charge in [-0.25, -0.2) is 9.78 Å². The highest BCUT2D eigenvalue weighted by Gasteiger charge is 2.15. The van der Waals surface area contributed by atoms with Crippen LogP contribution in [0.15, 0.2) is 52.5 Å². The summed E-state index contributed by atoms with van der Waals surface area (Å²) in [5.74, 6) is 0.646. The van der Waals surface area contributed by atoms with Crippen LogP contribution in [0.2, 0.25) is 0 Å². The van der Waals surface area contributed by atoms with Crippen molar-refractivity contribution in [2.75, 3.05) is 14.2 Å². The molecule has 2 aromatic carbocycles. The standard InChI is InChI=1S/C19H17N3O5S/c1-26-14-8-12(9-15(10-14)27-2)17-20-19(22-21-17)28-16(18(24)25)7-11-3-5-13(23)6-4-11/h3-10,23H,1-2H3,(H,24,25)(H,20,21,22)/b16-7+. The second-order valence-corrected chi connectivity index (χ2v) is 6.58. The zero-order valence-corrected chi connectivity index (χ0v) is 15.9. The van der Waals surface area contributed by atoms with E-state index >= 15 is 0 Å². The highest BCUT2D eigenvalue weighted by atomic mass is 32.2. The molecule has 0 spiro atoms. The Labute approximate surface area is 164 Å². The summed E-state index contributed by atoms with van der Waals surface area (Å²) in [6.45, 7) is 0. The molecule has 0 saturated heterocycles. The Kier molecular flexibility index (Phi) is 5.85. The van der Waals surface area contributed by atoms with Crippen molar-refractivity contribution in [3.8, 4) is 28.6 Å². The van der Waals surface area contributed by atoms with Crippen LogP contribution in [0.1, 0.15) is 5.56 Å². The third-order valence-electron chi connectivity index (χ3n) is 3.69. The fourth-order valence-electron chi connectivity index (χ4n) is 2.32. The number of phenols is 1. The lowest BCUT2D eigenvalue weighted by molar-refractivity contribution is -0.131. The molecule has 0 bridgehead atoms. The molecule has 0 atom stereocenters. The summed E-state index contributed by atoms with van der Waals surface area (Å²) < 4.78 is 10.5. The number of carboxylic acid groups (broad SMARTS) is 1. The number of methoxy groups -OCH3 is 2. The van der Waals surface area contributed by atoms with Crippen molar-refractivity contribution in [2.45, 2.75) is 5.16 Å². The predicted molar refractivity (Wildman–Crippen MR) is 104 cm³/mol. The van der Waals surface area contributed by atoms with Crippen molar-refractivity contribution in [3.63, 3.8) is 0 Å². The van der Waals surface area contributed by atoms with E-state index in [4.69, 9.17) is 9.47 Å². The zero-order valence-electron chi connectivity index (χ0n) is 15.0. The smallest absolute Gasteiger partial charge is 0.342 e. The minimum Gasteiger partial charge on any atom is -0.508 e. The number of phenolic OH excluding ortho intramolecular Hbond substituents is 1. The van der Waals surface area contributed by atoms with E-state index in [1.54, 1.807) is 44.6 Å². The summed E-state index contributed by atoms with van der Waals surface area (Å²) in [6, 6.07) is 11.5. The second kappa shape index (κ2) is 8.49. The van der Waals surface area contributed by atoms with Gasteiger partial charge >= 0.3 is 5.97 Å². The van der Waals surface area contributed by atoms with Crippen LogP contribution >= 0.6 is 11.8 Å². The molecule has 144 valence electrons. The Morgan fingerprint density at radius 1 is 1.11 bits per heavy atom. The van der Waals surface area contributed by atoms with E-state index in [0.717, 1.165) is 11.8 Å². The number of hydrogen-bond acceptors (Lipinski definition) is 7. The van der Waals surface area contributed by atoms with Crippen molar-refractivity contribution >= 4 is 23.8 Å². The van der Waals surface area contributed by atoms with Gasteiger partial charge in [-0.1, -0.05) is 12.1 Å². The van der Waals surface area contributed by atoms with Crippen LogP contribution in [0.25, 0.3) is 17.5 Å². The van der Waals surface area contributed by atoms with Gasteiger partial charge in [0.25, 0.3) is 0 Å². The van der Waals surface area contributed by atoms with Crippen molar-refractivity contribution in [3.05, 3.63) is 52.9 Å². The number of carboxylic acids is 1. The lowest BCUT2D eigenvalue weighted by Crippen LogP contribution is -1.97. The Morgan fingerprint density at radius 2 is 1.75 bits per heavy atom. The van der Waals surface area contributed by atoms with Gasteiger partial charge in [0.2, 0.25) is 5.16 Å². The van der Waals surface area contributed by atoms with Crippen LogP contribution in [-0.2, 0) is 4.79 Å². The first kappa shape index (κ1) is 19.3. The molecule has 9 heteroatoms. The van der Waals surface area contributed by atoms with Crippen molar-refractivity contribution in [1.82, 2.24) is 15.2 Å². The number of hydrogen-bond donors (Lipinski definition) is 3.